The number of ketones is 1. The molecule has 0 bridgehead atoms. The molecule has 1 aromatic heterocycles. The van der Waals surface area contributed by atoms with E-state index in [0.717, 1.165) is 27.3 Å². The molecule has 164 valence electrons. The highest BCUT2D eigenvalue weighted by molar-refractivity contribution is 7.16. The molecular weight excluding hydrogens is 420 g/mol. The molecule has 4 rings (SSSR count). The largest absolute Gasteiger partial charge is 0.507 e. The summed E-state index contributed by atoms with van der Waals surface area (Å²) in [7, 11) is 0. The molecule has 1 saturated heterocycles. The summed E-state index contributed by atoms with van der Waals surface area (Å²) in [5.41, 5.74) is 4.36. The van der Waals surface area contributed by atoms with Crippen molar-refractivity contribution in [3.05, 3.63) is 86.9 Å². The second-order valence-corrected chi connectivity index (χ2v) is 9.68. The lowest BCUT2D eigenvalue weighted by Gasteiger charge is -2.23. The van der Waals surface area contributed by atoms with Gasteiger partial charge in [-0.2, -0.15) is 0 Å². The fraction of sp³-hybridized carbons (Fsp3) is 0.269. The van der Waals surface area contributed by atoms with Crippen molar-refractivity contribution in [1.82, 2.24) is 4.98 Å². The van der Waals surface area contributed by atoms with Crippen LogP contribution in [0.2, 0.25) is 0 Å². The van der Waals surface area contributed by atoms with Gasteiger partial charge < -0.3 is 5.11 Å². The number of aromatic nitrogens is 1. The number of anilines is 1. The summed E-state index contributed by atoms with van der Waals surface area (Å²) < 4.78 is 0. The standard InChI is InChI=1S/C26H26N2O3S/c1-14(2)18-10-12-19(13-11-18)22-21(23(29)20-8-6-15(3)7-9-20)24(30)25(31)28(22)26-27-16(4)17(5)32-26/h6-14,22,29H,1-5H3. The van der Waals surface area contributed by atoms with Gasteiger partial charge in [0.2, 0.25) is 0 Å². The molecule has 1 atom stereocenters. The fourth-order valence-corrected chi connectivity index (χ4v) is 4.77. The van der Waals surface area contributed by atoms with Gasteiger partial charge in [-0.1, -0.05) is 67.9 Å². The second-order valence-electron chi connectivity index (χ2n) is 8.49. The van der Waals surface area contributed by atoms with Crippen LogP contribution < -0.4 is 4.90 Å². The van der Waals surface area contributed by atoms with E-state index in [0.29, 0.717) is 16.6 Å². The number of hydrogen-bond acceptors (Lipinski definition) is 5. The number of aliphatic hydroxyl groups is 1. The van der Waals surface area contributed by atoms with Gasteiger partial charge in [0, 0.05) is 10.4 Å². The minimum Gasteiger partial charge on any atom is -0.507 e. The Hall–Kier alpha value is -3.25. The van der Waals surface area contributed by atoms with E-state index in [1.165, 1.54) is 16.2 Å². The molecule has 0 saturated carbocycles. The van der Waals surface area contributed by atoms with E-state index in [1.54, 1.807) is 12.1 Å². The lowest BCUT2D eigenvalue weighted by atomic mass is 9.93. The summed E-state index contributed by atoms with van der Waals surface area (Å²) in [5.74, 6) is -1.20. The Bertz CT molecular complexity index is 1200. The summed E-state index contributed by atoms with van der Waals surface area (Å²) in [5, 5.41) is 11.6. The van der Waals surface area contributed by atoms with Crippen molar-refractivity contribution in [3.63, 3.8) is 0 Å². The Labute approximate surface area is 192 Å². The molecule has 6 heteroatoms. The van der Waals surface area contributed by atoms with E-state index in [-0.39, 0.29) is 11.3 Å². The van der Waals surface area contributed by atoms with Gasteiger partial charge in [-0.3, -0.25) is 14.5 Å². The van der Waals surface area contributed by atoms with E-state index < -0.39 is 17.7 Å². The summed E-state index contributed by atoms with van der Waals surface area (Å²) in [4.78, 5) is 33.3. The highest BCUT2D eigenvalue weighted by Gasteiger charge is 2.48. The number of hydrogen-bond donors (Lipinski definition) is 1. The van der Waals surface area contributed by atoms with E-state index in [4.69, 9.17) is 0 Å². The Morgan fingerprint density at radius 2 is 1.62 bits per heavy atom. The third kappa shape index (κ3) is 3.75. The lowest BCUT2D eigenvalue weighted by Crippen LogP contribution is -2.29. The highest BCUT2D eigenvalue weighted by Crippen LogP contribution is 2.43. The quantitative estimate of drug-likeness (QED) is 0.311. The predicted molar refractivity (Wildman–Crippen MR) is 128 cm³/mol. The average molecular weight is 447 g/mol. The van der Waals surface area contributed by atoms with Crippen LogP contribution in [0.1, 0.15) is 58.6 Å². The fourth-order valence-electron chi connectivity index (χ4n) is 3.83. The van der Waals surface area contributed by atoms with Crippen molar-refractivity contribution in [2.75, 3.05) is 4.90 Å². The molecule has 1 unspecified atom stereocenters. The molecule has 1 fully saturated rings. The van der Waals surface area contributed by atoms with Crippen LogP contribution in [0.5, 0.6) is 0 Å². The average Bonchev–Trinajstić information content (AvgIpc) is 3.23. The molecule has 1 N–H and O–H groups in total. The maximum Gasteiger partial charge on any atom is 0.301 e. The van der Waals surface area contributed by atoms with Crippen LogP contribution in [0.3, 0.4) is 0 Å². The van der Waals surface area contributed by atoms with Gasteiger partial charge in [0.1, 0.15) is 5.76 Å². The molecule has 2 heterocycles. The maximum absolute atomic E-state index is 13.2. The topological polar surface area (TPSA) is 70.5 Å². The summed E-state index contributed by atoms with van der Waals surface area (Å²) in [6, 6.07) is 14.4. The lowest BCUT2D eigenvalue weighted by molar-refractivity contribution is -0.132. The number of carbonyl (C=O) groups is 2. The summed E-state index contributed by atoms with van der Waals surface area (Å²) in [6.07, 6.45) is 0. The van der Waals surface area contributed by atoms with Crippen LogP contribution in [0.4, 0.5) is 5.13 Å². The molecular formula is C26H26N2O3S. The van der Waals surface area contributed by atoms with Crippen molar-refractivity contribution >= 4 is 33.9 Å². The third-order valence-corrected chi connectivity index (χ3v) is 6.98. The van der Waals surface area contributed by atoms with Crippen LogP contribution >= 0.6 is 11.3 Å². The number of thiazole rings is 1. The predicted octanol–water partition coefficient (Wildman–Crippen LogP) is 5.82. The van der Waals surface area contributed by atoms with Crippen LogP contribution in [0, 0.1) is 20.8 Å². The van der Waals surface area contributed by atoms with Crippen molar-refractivity contribution < 1.29 is 14.7 Å². The molecule has 1 amide bonds. The Balaban J connectivity index is 1.92. The number of benzene rings is 2. The zero-order chi connectivity index (χ0) is 23.2. The van der Waals surface area contributed by atoms with Gasteiger partial charge in [0.05, 0.1) is 17.3 Å². The molecule has 2 aromatic carbocycles. The van der Waals surface area contributed by atoms with Crippen molar-refractivity contribution in [1.29, 1.82) is 0 Å². The molecule has 1 aliphatic heterocycles. The highest BCUT2D eigenvalue weighted by atomic mass is 32.1. The Kier molecular flexibility index (Phi) is 5.73. The zero-order valence-corrected chi connectivity index (χ0v) is 19.7. The first-order valence-electron chi connectivity index (χ1n) is 10.6. The van der Waals surface area contributed by atoms with Crippen LogP contribution in [0.25, 0.3) is 5.76 Å². The smallest absolute Gasteiger partial charge is 0.301 e. The van der Waals surface area contributed by atoms with Gasteiger partial charge in [0.15, 0.2) is 5.13 Å². The van der Waals surface area contributed by atoms with Crippen molar-refractivity contribution in [2.24, 2.45) is 0 Å². The SMILES string of the molecule is Cc1ccc(C(O)=C2C(=O)C(=O)N(c3nc(C)c(C)s3)C2c2ccc(C(C)C)cc2)cc1. The number of carbonyl (C=O) groups excluding carboxylic acids is 2. The molecule has 3 aromatic rings. The summed E-state index contributed by atoms with van der Waals surface area (Å²) in [6.45, 7) is 9.99. The van der Waals surface area contributed by atoms with Gasteiger partial charge in [-0.25, -0.2) is 4.98 Å². The van der Waals surface area contributed by atoms with Gasteiger partial charge in [-0.05, 0) is 37.8 Å². The second kappa shape index (κ2) is 8.36. The minimum absolute atomic E-state index is 0.0849. The van der Waals surface area contributed by atoms with Crippen LogP contribution in [-0.2, 0) is 9.59 Å². The van der Waals surface area contributed by atoms with Gasteiger partial charge in [-0.15, -0.1) is 11.3 Å². The minimum atomic E-state index is -0.748. The van der Waals surface area contributed by atoms with E-state index in [1.807, 2.05) is 57.2 Å². The number of nitrogens with zero attached hydrogens (tertiary/aromatic N) is 2. The van der Waals surface area contributed by atoms with Gasteiger partial charge in [0.25, 0.3) is 5.78 Å². The number of amides is 1. The number of aliphatic hydroxyl groups excluding tert-OH is 1. The van der Waals surface area contributed by atoms with Gasteiger partial charge >= 0.3 is 5.91 Å². The molecule has 0 spiro atoms. The van der Waals surface area contributed by atoms with Crippen LogP contribution in [-0.4, -0.2) is 21.8 Å². The Morgan fingerprint density at radius 3 is 2.16 bits per heavy atom. The first-order chi connectivity index (χ1) is 15.2. The van der Waals surface area contributed by atoms with Crippen molar-refractivity contribution in [3.8, 4) is 0 Å². The molecule has 32 heavy (non-hydrogen) atoms. The molecule has 5 nitrogen and oxygen atoms in total. The van der Waals surface area contributed by atoms with E-state index >= 15 is 0 Å². The molecule has 0 radical (unpaired) electrons. The number of Topliss-reactive ketones (excluding diaryl/α,β-unsaturated/α-hetero) is 1. The van der Waals surface area contributed by atoms with E-state index in [2.05, 4.69) is 18.8 Å². The zero-order valence-electron chi connectivity index (χ0n) is 18.8. The number of aryl methyl sites for hydroxylation is 3. The summed E-state index contributed by atoms with van der Waals surface area (Å²) >= 11 is 1.37. The van der Waals surface area contributed by atoms with E-state index in [9.17, 15) is 14.7 Å². The Morgan fingerprint density at radius 1 is 1.00 bits per heavy atom. The van der Waals surface area contributed by atoms with Crippen LogP contribution in [0.15, 0.2) is 54.1 Å². The first-order valence-corrected chi connectivity index (χ1v) is 11.4. The molecule has 0 aliphatic carbocycles. The van der Waals surface area contributed by atoms with Crippen molar-refractivity contribution in [2.45, 2.75) is 46.6 Å². The maximum atomic E-state index is 13.2. The number of rotatable bonds is 4. The third-order valence-electron chi connectivity index (χ3n) is 5.91. The monoisotopic (exact) mass is 446 g/mol. The molecule has 1 aliphatic rings. The first kappa shape index (κ1) is 22.0. The normalized spacial score (nSPS) is 18.1.